The van der Waals surface area contributed by atoms with Crippen LogP contribution < -0.4 is 11.5 Å². The van der Waals surface area contributed by atoms with Gasteiger partial charge in [-0.2, -0.15) is 9.97 Å². The molecule has 0 radical (unpaired) electrons. The van der Waals surface area contributed by atoms with Crippen LogP contribution in [0.5, 0.6) is 0 Å². The number of rotatable bonds is 1. The molecule has 0 bridgehead atoms. The average molecular weight is 266 g/mol. The van der Waals surface area contributed by atoms with E-state index in [0.29, 0.717) is 11.2 Å². The van der Waals surface area contributed by atoms with Gasteiger partial charge >= 0.3 is 0 Å². The van der Waals surface area contributed by atoms with E-state index in [1.54, 1.807) is 6.92 Å². The highest BCUT2D eigenvalue weighted by Gasteiger charge is 2.42. The van der Waals surface area contributed by atoms with E-state index in [1.807, 2.05) is 0 Å². The minimum Gasteiger partial charge on any atom is -0.388 e. The predicted molar refractivity (Wildman–Crippen MR) is 65.7 cm³/mol. The van der Waals surface area contributed by atoms with Crippen molar-refractivity contribution in [3.8, 4) is 0 Å². The largest absolute Gasteiger partial charge is 0.388 e. The summed E-state index contributed by atoms with van der Waals surface area (Å²) < 4.78 is 6.99. The molecule has 9 nitrogen and oxygen atoms in total. The maximum absolute atomic E-state index is 9.97. The molecule has 0 amide bonds. The van der Waals surface area contributed by atoms with Crippen molar-refractivity contribution in [3.63, 3.8) is 0 Å². The molecule has 0 unspecified atom stereocenters. The van der Waals surface area contributed by atoms with E-state index in [0.717, 1.165) is 0 Å². The summed E-state index contributed by atoms with van der Waals surface area (Å²) in [5.74, 6) is 0.162. The van der Waals surface area contributed by atoms with Gasteiger partial charge in [0.25, 0.3) is 0 Å². The Morgan fingerprint density at radius 1 is 1.26 bits per heavy atom. The second-order valence-corrected chi connectivity index (χ2v) is 4.50. The Hall–Kier alpha value is -1.97. The summed E-state index contributed by atoms with van der Waals surface area (Å²) >= 11 is 0. The van der Waals surface area contributed by atoms with Crippen LogP contribution in [0.15, 0.2) is 6.33 Å². The molecule has 9 heteroatoms. The molecule has 2 aromatic heterocycles. The third-order valence-corrected chi connectivity index (χ3v) is 3.22. The number of nitrogens with zero attached hydrogens (tertiary/aromatic N) is 4. The number of aliphatic hydroxyl groups excluding tert-OH is 2. The second-order valence-electron chi connectivity index (χ2n) is 4.50. The first-order valence-electron chi connectivity index (χ1n) is 5.76. The van der Waals surface area contributed by atoms with Crippen molar-refractivity contribution in [1.29, 1.82) is 0 Å². The smallest absolute Gasteiger partial charge is 0.224 e. The molecule has 1 aliphatic heterocycles. The fraction of sp³-hybridized carbons (Fsp3) is 0.500. The Morgan fingerprint density at radius 3 is 2.63 bits per heavy atom. The van der Waals surface area contributed by atoms with Gasteiger partial charge in [0.1, 0.15) is 17.7 Å². The van der Waals surface area contributed by atoms with Crippen LogP contribution in [0.4, 0.5) is 11.8 Å². The summed E-state index contributed by atoms with van der Waals surface area (Å²) in [5.41, 5.74) is 12.0. The monoisotopic (exact) mass is 266 g/mol. The molecule has 2 aromatic rings. The van der Waals surface area contributed by atoms with Crippen LogP contribution in [0.2, 0.25) is 0 Å². The summed E-state index contributed by atoms with van der Waals surface area (Å²) in [6, 6.07) is 0. The van der Waals surface area contributed by atoms with Gasteiger partial charge in [-0.1, -0.05) is 0 Å². The molecule has 3 heterocycles. The van der Waals surface area contributed by atoms with Gasteiger partial charge in [-0.15, -0.1) is 0 Å². The quantitative estimate of drug-likeness (QED) is 0.494. The summed E-state index contributed by atoms with van der Waals surface area (Å²) in [6.07, 6.45) is -1.91. The van der Waals surface area contributed by atoms with E-state index in [1.165, 1.54) is 10.9 Å². The van der Waals surface area contributed by atoms with Crippen LogP contribution in [0.1, 0.15) is 13.2 Å². The van der Waals surface area contributed by atoms with Crippen molar-refractivity contribution >= 4 is 22.9 Å². The standard InChI is InChI=1S/C10H14N6O3/c1-3-5(17)6(18)9(19-3)16-2-13-4-7(11)14-10(12)15-8(4)16/h2-3,5-6,9,17-18H,1H3,(H4,11,12,14,15)/t3-,5-,6-,9-/m1/s1. The number of aliphatic hydroxyl groups is 2. The van der Waals surface area contributed by atoms with Gasteiger partial charge in [-0.05, 0) is 6.92 Å². The fourth-order valence-electron chi connectivity index (χ4n) is 2.20. The normalized spacial score (nSPS) is 31.1. The molecule has 102 valence electrons. The second kappa shape index (κ2) is 4.02. The SMILES string of the molecule is C[C@H]1O[C@@H](n2cnc3c(N)nc(N)nc32)[C@H](O)[C@@H]1O. The topological polar surface area (TPSA) is 145 Å². The first-order valence-corrected chi connectivity index (χ1v) is 5.76. The highest BCUT2D eigenvalue weighted by Crippen LogP contribution is 2.31. The lowest BCUT2D eigenvalue weighted by Gasteiger charge is -2.16. The highest BCUT2D eigenvalue weighted by atomic mass is 16.6. The summed E-state index contributed by atoms with van der Waals surface area (Å²) in [5, 5.41) is 19.7. The molecule has 0 aromatic carbocycles. The number of ether oxygens (including phenoxy) is 1. The van der Waals surface area contributed by atoms with Crippen molar-refractivity contribution in [1.82, 2.24) is 19.5 Å². The van der Waals surface area contributed by atoms with Gasteiger partial charge in [-0.25, -0.2) is 4.98 Å². The maximum Gasteiger partial charge on any atom is 0.224 e. The third kappa shape index (κ3) is 1.70. The molecule has 0 saturated carbocycles. The lowest BCUT2D eigenvalue weighted by molar-refractivity contribution is -0.0299. The van der Waals surface area contributed by atoms with E-state index in [-0.39, 0.29) is 11.8 Å². The molecule has 1 fully saturated rings. The average Bonchev–Trinajstić information content (AvgIpc) is 2.86. The molecule has 6 N–H and O–H groups in total. The van der Waals surface area contributed by atoms with Gasteiger partial charge < -0.3 is 26.4 Å². The lowest BCUT2D eigenvalue weighted by Crippen LogP contribution is -2.30. The van der Waals surface area contributed by atoms with Crippen LogP contribution in [0.3, 0.4) is 0 Å². The van der Waals surface area contributed by atoms with E-state index in [2.05, 4.69) is 15.0 Å². The third-order valence-electron chi connectivity index (χ3n) is 3.22. The summed E-state index contributed by atoms with van der Waals surface area (Å²) in [7, 11) is 0. The molecular formula is C10H14N6O3. The van der Waals surface area contributed by atoms with E-state index in [9.17, 15) is 10.2 Å². The van der Waals surface area contributed by atoms with Crippen molar-refractivity contribution in [2.24, 2.45) is 0 Å². The zero-order chi connectivity index (χ0) is 13.7. The number of nitrogen functional groups attached to an aromatic ring is 2. The van der Waals surface area contributed by atoms with E-state index < -0.39 is 24.5 Å². The number of anilines is 2. The Kier molecular flexibility index (Phi) is 2.55. The lowest BCUT2D eigenvalue weighted by atomic mass is 10.1. The molecule has 3 rings (SSSR count). The van der Waals surface area contributed by atoms with Gasteiger partial charge in [0.2, 0.25) is 5.95 Å². The molecule has 19 heavy (non-hydrogen) atoms. The zero-order valence-electron chi connectivity index (χ0n) is 10.1. The van der Waals surface area contributed by atoms with Crippen molar-refractivity contribution in [3.05, 3.63) is 6.33 Å². The molecule has 1 saturated heterocycles. The number of hydrogen-bond acceptors (Lipinski definition) is 8. The fourth-order valence-corrected chi connectivity index (χ4v) is 2.20. The zero-order valence-corrected chi connectivity index (χ0v) is 10.1. The van der Waals surface area contributed by atoms with Crippen LogP contribution in [0.25, 0.3) is 11.2 Å². The van der Waals surface area contributed by atoms with Crippen molar-refractivity contribution < 1.29 is 14.9 Å². The maximum atomic E-state index is 9.97. The molecular weight excluding hydrogens is 252 g/mol. The van der Waals surface area contributed by atoms with E-state index >= 15 is 0 Å². The van der Waals surface area contributed by atoms with Crippen LogP contribution in [0, 0.1) is 0 Å². The van der Waals surface area contributed by atoms with Crippen molar-refractivity contribution in [2.75, 3.05) is 11.5 Å². The van der Waals surface area contributed by atoms with Gasteiger partial charge in [0.15, 0.2) is 17.7 Å². The van der Waals surface area contributed by atoms with Gasteiger partial charge in [-0.3, -0.25) is 4.57 Å². The number of fused-ring (bicyclic) bond motifs is 1. The van der Waals surface area contributed by atoms with Crippen LogP contribution in [-0.4, -0.2) is 48.0 Å². The first-order chi connectivity index (χ1) is 8.99. The summed E-state index contributed by atoms with van der Waals surface area (Å²) in [4.78, 5) is 11.9. The Labute approximate surface area is 107 Å². The highest BCUT2D eigenvalue weighted by molar-refractivity contribution is 5.82. The predicted octanol–water partition coefficient (Wildman–Crippen LogP) is -1.37. The minimum absolute atomic E-state index is 0.00725. The molecule has 0 aliphatic carbocycles. The minimum atomic E-state index is -1.08. The molecule has 0 spiro atoms. The summed E-state index contributed by atoms with van der Waals surface area (Å²) in [6.45, 7) is 1.67. The van der Waals surface area contributed by atoms with Gasteiger partial charge in [0, 0.05) is 0 Å². The van der Waals surface area contributed by atoms with Crippen LogP contribution in [-0.2, 0) is 4.74 Å². The Morgan fingerprint density at radius 2 is 2.00 bits per heavy atom. The van der Waals surface area contributed by atoms with Gasteiger partial charge in [0.05, 0.1) is 12.4 Å². The number of aromatic nitrogens is 4. The van der Waals surface area contributed by atoms with Crippen molar-refractivity contribution in [2.45, 2.75) is 31.5 Å². The number of hydrogen-bond donors (Lipinski definition) is 4. The van der Waals surface area contributed by atoms with E-state index in [4.69, 9.17) is 16.2 Å². The Balaban J connectivity index is 2.11. The Bertz CT molecular complexity index is 629. The molecule has 4 atom stereocenters. The number of nitrogens with two attached hydrogens (primary N) is 2. The number of imidazole rings is 1. The first kappa shape index (κ1) is 12.1. The van der Waals surface area contributed by atoms with Crippen LogP contribution >= 0.6 is 0 Å². The molecule has 1 aliphatic rings.